The molecule has 2 rings (SSSR count). The van der Waals surface area contributed by atoms with E-state index in [0.717, 1.165) is 23.2 Å². The predicted octanol–water partition coefficient (Wildman–Crippen LogP) is 4.08. The lowest BCUT2D eigenvalue weighted by atomic mass is 10.1. The quantitative estimate of drug-likeness (QED) is 0.775. The van der Waals surface area contributed by atoms with Gasteiger partial charge in [-0.2, -0.15) is 0 Å². The lowest BCUT2D eigenvalue weighted by Gasteiger charge is -2.13. The SMILES string of the molecule is COc1cc(Cl)c(C)cc1NCC(=O)NCCc1ccc(Cl)cc1. The first-order valence-electron chi connectivity index (χ1n) is 7.58. The number of carbonyl (C=O) groups excluding carboxylic acids is 1. The van der Waals surface area contributed by atoms with Gasteiger partial charge in [0.15, 0.2) is 0 Å². The van der Waals surface area contributed by atoms with E-state index in [0.29, 0.717) is 22.3 Å². The summed E-state index contributed by atoms with van der Waals surface area (Å²) in [6.07, 6.45) is 0.756. The maximum Gasteiger partial charge on any atom is 0.239 e. The van der Waals surface area contributed by atoms with Gasteiger partial charge in [0.05, 0.1) is 19.3 Å². The lowest BCUT2D eigenvalue weighted by Crippen LogP contribution is -2.31. The van der Waals surface area contributed by atoms with Crippen LogP contribution in [0.1, 0.15) is 11.1 Å². The molecule has 6 heteroatoms. The van der Waals surface area contributed by atoms with E-state index in [1.165, 1.54) is 0 Å². The van der Waals surface area contributed by atoms with Crippen molar-refractivity contribution in [1.82, 2.24) is 5.32 Å². The van der Waals surface area contributed by atoms with Crippen molar-refractivity contribution in [3.8, 4) is 5.75 Å². The van der Waals surface area contributed by atoms with Gasteiger partial charge < -0.3 is 15.4 Å². The van der Waals surface area contributed by atoms with Crippen molar-refractivity contribution in [3.63, 3.8) is 0 Å². The van der Waals surface area contributed by atoms with Crippen LogP contribution in [-0.4, -0.2) is 26.1 Å². The average Bonchev–Trinajstić information content (AvgIpc) is 2.57. The number of carbonyl (C=O) groups is 1. The Morgan fingerprint density at radius 1 is 1.17 bits per heavy atom. The van der Waals surface area contributed by atoms with Gasteiger partial charge in [-0.3, -0.25) is 4.79 Å². The molecule has 24 heavy (non-hydrogen) atoms. The molecule has 0 fully saturated rings. The second-order valence-electron chi connectivity index (χ2n) is 5.38. The van der Waals surface area contributed by atoms with Crippen LogP contribution in [0, 0.1) is 6.92 Å². The Morgan fingerprint density at radius 3 is 2.54 bits per heavy atom. The summed E-state index contributed by atoms with van der Waals surface area (Å²) in [5, 5.41) is 7.29. The zero-order valence-electron chi connectivity index (χ0n) is 13.7. The summed E-state index contributed by atoms with van der Waals surface area (Å²) in [7, 11) is 1.57. The van der Waals surface area contributed by atoms with Crippen LogP contribution in [0.4, 0.5) is 5.69 Å². The Hall–Kier alpha value is -1.91. The van der Waals surface area contributed by atoms with Crippen LogP contribution >= 0.6 is 23.2 Å². The number of methoxy groups -OCH3 is 1. The van der Waals surface area contributed by atoms with Crippen molar-refractivity contribution < 1.29 is 9.53 Å². The number of ether oxygens (including phenoxy) is 1. The third-order valence-electron chi connectivity index (χ3n) is 3.57. The van der Waals surface area contributed by atoms with Crippen LogP contribution in [-0.2, 0) is 11.2 Å². The number of hydrogen-bond donors (Lipinski definition) is 2. The molecule has 0 saturated heterocycles. The molecule has 0 bridgehead atoms. The van der Waals surface area contributed by atoms with Crippen LogP contribution in [0.25, 0.3) is 0 Å². The van der Waals surface area contributed by atoms with Crippen LogP contribution in [0.5, 0.6) is 5.75 Å². The highest BCUT2D eigenvalue weighted by molar-refractivity contribution is 6.31. The van der Waals surface area contributed by atoms with Crippen molar-refractivity contribution in [2.45, 2.75) is 13.3 Å². The number of nitrogens with one attached hydrogen (secondary N) is 2. The summed E-state index contributed by atoms with van der Waals surface area (Å²) in [6.45, 7) is 2.64. The molecule has 2 aromatic carbocycles. The first kappa shape index (κ1) is 18.4. The molecule has 1 amide bonds. The van der Waals surface area contributed by atoms with Gasteiger partial charge in [-0.15, -0.1) is 0 Å². The van der Waals surface area contributed by atoms with Crippen LogP contribution in [0.15, 0.2) is 36.4 Å². The molecule has 2 aromatic rings. The number of hydrogen-bond acceptors (Lipinski definition) is 3. The topological polar surface area (TPSA) is 50.4 Å². The summed E-state index contributed by atoms with van der Waals surface area (Å²) in [4.78, 5) is 12.0. The van der Waals surface area contributed by atoms with Crippen molar-refractivity contribution in [3.05, 3.63) is 57.6 Å². The minimum absolute atomic E-state index is 0.0846. The van der Waals surface area contributed by atoms with Crippen LogP contribution in [0.3, 0.4) is 0 Å². The van der Waals surface area contributed by atoms with E-state index in [-0.39, 0.29) is 12.5 Å². The zero-order valence-corrected chi connectivity index (χ0v) is 15.2. The standard InChI is InChI=1S/C18H20Cl2N2O2/c1-12-9-16(17(24-2)10-15(12)20)22-11-18(23)21-8-7-13-3-5-14(19)6-4-13/h3-6,9-10,22H,7-8,11H2,1-2H3,(H,21,23). The van der Waals surface area contributed by atoms with Crippen molar-refractivity contribution in [2.24, 2.45) is 0 Å². The van der Waals surface area contributed by atoms with E-state index >= 15 is 0 Å². The van der Waals surface area contributed by atoms with Gasteiger partial charge in [-0.05, 0) is 42.7 Å². The molecule has 0 aliphatic rings. The van der Waals surface area contributed by atoms with E-state index in [2.05, 4.69) is 10.6 Å². The molecule has 0 aliphatic heterocycles. The molecule has 128 valence electrons. The molecule has 0 saturated carbocycles. The van der Waals surface area contributed by atoms with E-state index in [1.807, 2.05) is 37.3 Å². The van der Waals surface area contributed by atoms with Gasteiger partial charge in [0.25, 0.3) is 0 Å². The van der Waals surface area contributed by atoms with Crippen molar-refractivity contribution >= 4 is 34.8 Å². The van der Waals surface area contributed by atoms with Gasteiger partial charge in [-0.1, -0.05) is 35.3 Å². The zero-order chi connectivity index (χ0) is 17.5. The Balaban J connectivity index is 1.81. The second-order valence-corrected chi connectivity index (χ2v) is 6.23. The van der Waals surface area contributed by atoms with Gasteiger partial charge in [-0.25, -0.2) is 0 Å². The number of aryl methyl sites for hydroxylation is 1. The molecule has 0 aromatic heterocycles. The summed E-state index contributed by atoms with van der Waals surface area (Å²) in [5.41, 5.74) is 2.79. The number of halogens is 2. The van der Waals surface area contributed by atoms with Gasteiger partial charge in [0.1, 0.15) is 5.75 Å². The molecule has 0 atom stereocenters. The molecule has 0 spiro atoms. The third-order valence-corrected chi connectivity index (χ3v) is 4.23. The van der Waals surface area contributed by atoms with Crippen molar-refractivity contribution in [1.29, 1.82) is 0 Å². The molecular formula is C18H20Cl2N2O2. The fourth-order valence-corrected chi connectivity index (χ4v) is 2.49. The molecule has 0 aliphatic carbocycles. The Labute approximate surface area is 152 Å². The predicted molar refractivity (Wildman–Crippen MR) is 99.4 cm³/mol. The Bertz CT molecular complexity index is 703. The average molecular weight is 367 g/mol. The summed E-state index contributed by atoms with van der Waals surface area (Å²) >= 11 is 11.9. The van der Waals surface area contributed by atoms with Gasteiger partial charge in [0.2, 0.25) is 5.91 Å². The Kier molecular flexibility index (Phi) is 6.76. The molecular weight excluding hydrogens is 347 g/mol. The maximum atomic E-state index is 12.0. The molecule has 0 heterocycles. The van der Waals surface area contributed by atoms with E-state index in [9.17, 15) is 4.79 Å². The summed E-state index contributed by atoms with van der Waals surface area (Å²) in [6, 6.07) is 11.2. The van der Waals surface area contributed by atoms with Gasteiger partial charge in [0, 0.05) is 22.7 Å². The first-order valence-corrected chi connectivity index (χ1v) is 8.34. The fraction of sp³-hybridized carbons (Fsp3) is 0.278. The number of amides is 1. The highest BCUT2D eigenvalue weighted by Gasteiger charge is 2.08. The summed E-state index contributed by atoms with van der Waals surface area (Å²) in [5.74, 6) is 0.526. The highest BCUT2D eigenvalue weighted by Crippen LogP contribution is 2.30. The third kappa shape index (κ3) is 5.32. The number of rotatable bonds is 7. The number of benzene rings is 2. The lowest BCUT2D eigenvalue weighted by molar-refractivity contribution is -0.119. The molecule has 0 unspecified atom stereocenters. The Morgan fingerprint density at radius 2 is 1.88 bits per heavy atom. The minimum Gasteiger partial charge on any atom is -0.495 e. The summed E-state index contributed by atoms with van der Waals surface area (Å²) < 4.78 is 5.27. The van der Waals surface area contributed by atoms with Gasteiger partial charge >= 0.3 is 0 Å². The molecule has 0 radical (unpaired) electrons. The van der Waals surface area contributed by atoms with Crippen LogP contribution in [0.2, 0.25) is 10.0 Å². The molecule has 2 N–H and O–H groups in total. The van der Waals surface area contributed by atoms with E-state index in [4.69, 9.17) is 27.9 Å². The largest absolute Gasteiger partial charge is 0.495 e. The fourth-order valence-electron chi connectivity index (χ4n) is 2.21. The second kappa shape index (κ2) is 8.81. The minimum atomic E-state index is -0.0846. The highest BCUT2D eigenvalue weighted by atomic mass is 35.5. The first-order chi connectivity index (χ1) is 11.5. The normalized spacial score (nSPS) is 10.3. The van der Waals surface area contributed by atoms with Crippen LogP contribution < -0.4 is 15.4 Å². The smallest absolute Gasteiger partial charge is 0.239 e. The maximum absolute atomic E-state index is 12.0. The van der Waals surface area contributed by atoms with Crippen molar-refractivity contribution in [2.75, 3.05) is 25.5 Å². The van der Waals surface area contributed by atoms with E-state index < -0.39 is 0 Å². The molecule has 4 nitrogen and oxygen atoms in total. The van der Waals surface area contributed by atoms with E-state index in [1.54, 1.807) is 13.2 Å². The monoisotopic (exact) mass is 366 g/mol. The number of anilines is 1.